The molecule has 0 saturated carbocycles. The molecule has 9 nitrogen and oxygen atoms in total. The summed E-state index contributed by atoms with van der Waals surface area (Å²) < 4.78 is 12.5. The molecule has 3 aromatic heterocycles. The van der Waals surface area contributed by atoms with E-state index in [2.05, 4.69) is 15.3 Å². The maximum absolute atomic E-state index is 13.0. The second kappa shape index (κ2) is 7.76. The van der Waals surface area contributed by atoms with Gasteiger partial charge in [-0.25, -0.2) is 9.97 Å². The Hall–Kier alpha value is -4.45. The monoisotopic (exact) mass is 415 g/mol. The number of rotatable bonds is 4. The Morgan fingerprint density at radius 1 is 1.26 bits per heavy atom. The lowest BCUT2D eigenvalue weighted by Crippen LogP contribution is -2.20. The first-order valence-electron chi connectivity index (χ1n) is 9.28. The van der Waals surface area contributed by atoms with Gasteiger partial charge in [0.25, 0.3) is 11.5 Å². The minimum Gasteiger partial charge on any atom is -0.442 e. The van der Waals surface area contributed by atoms with E-state index in [9.17, 15) is 9.59 Å². The maximum Gasteiger partial charge on any atom is 0.265 e. The van der Waals surface area contributed by atoms with E-state index in [0.29, 0.717) is 22.8 Å². The van der Waals surface area contributed by atoms with Gasteiger partial charge in [0.05, 0.1) is 5.56 Å². The minimum absolute atomic E-state index is 0.120. The van der Waals surface area contributed by atoms with E-state index in [0.717, 1.165) is 5.56 Å². The molecule has 0 fully saturated rings. The lowest BCUT2D eigenvalue weighted by molar-refractivity contribution is 0.102. The van der Waals surface area contributed by atoms with Crippen LogP contribution in [0.5, 0.6) is 11.6 Å². The van der Waals surface area contributed by atoms with Crippen molar-refractivity contribution in [3.05, 3.63) is 75.7 Å². The lowest BCUT2D eigenvalue weighted by atomic mass is 10.1. The molecule has 0 saturated heterocycles. The smallest absolute Gasteiger partial charge is 0.265 e. The number of carbonyl (C=O) groups is 1. The van der Waals surface area contributed by atoms with Crippen LogP contribution in [0.1, 0.15) is 27.2 Å². The van der Waals surface area contributed by atoms with Crippen molar-refractivity contribution < 1.29 is 13.9 Å². The fraction of sp³-hybridized carbons (Fsp3) is 0.136. The number of furan rings is 1. The Labute approximate surface area is 176 Å². The highest BCUT2D eigenvalue weighted by Gasteiger charge is 2.23. The number of nitriles is 1. The number of pyridine rings is 1. The van der Waals surface area contributed by atoms with Gasteiger partial charge in [0.15, 0.2) is 0 Å². The molecule has 1 aromatic carbocycles. The van der Waals surface area contributed by atoms with Gasteiger partial charge in [-0.2, -0.15) is 5.26 Å². The molecule has 154 valence electrons. The number of hydrogen-bond acceptors (Lipinski definition) is 7. The van der Waals surface area contributed by atoms with Crippen LogP contribution in [0.4, 0.5) is 5.69 Å². The summed E-state index contributed by atoms with van der Waals surface area (Å²) in [6.07, 6.45) is 2.88. The Morgan fingerprint density at radius 2 is 2.06 bits per heavy atom. The molecule has 0 aliphatic heterocycles. The van der Waals surface area contributed by atoms with Crippen LogP contribution in [0.3, 0.4) is 0 Å². The molecular formula is C22H17N5O4. The summed E-state index contributed by atoms with van der Waals surface area (Å²) in [4.78, 5) is 33.6. The number of benzene rings is 1. The second-order valence-corrected chi connectivity index (χ2v) is 6.87. The number of amides is 1. The molecule has 0 aliphatic carbocycles. The average Bonchev–Trinajstić information content (AvgIpc) is 3.10. The van der Waals surface area contributed by atoms with E-state index in [4.69, 9.17) is 14.4 Å². The molecule has 3 heterocycles. The Balaban J connectivity index is 1.62. The third-order valence-corrected chi connectivity index (χ3v) is 4.73. The van der Waals surface area contributed by atoms with Crippen molar-refractivity contribution in [1.29, 1.82) is 5.26 Å². The molecule has 0 atom stereocenters. The molecule has 4 aromatic rings. The first kappa shape index (κ1) is 19.8. The fourth-order valence-electron chi connectivity index (χ4n) is 3.15. The van der Waals surface area contributed by atoms with Gasteiger partial charge in [-0.05, 0) is 49.7 Å². The van der Waals surface area contributed by atoms with Crippen LogP contribution in [0.25, 0.3) is 11.1 Å². The first-order valence-corrected chi connectivity index (χ1v) is 9.28. The predicted octanol–water partition coefficient (Wildman–Crippen LogP) is 3.45. The van der Waals surface area contributed by atoms with Crippen LogP contribution in [0.2, 0.25) is 0 Å². The van der Waals surface area contributed by atoms with Gasteiger partial charge < -0.3 is 19.0 Å². The highest BCUT2D eigenvalue weighted by molar-refractivity contribution is 6.12. The number of ether oxygens (including phenoxy) is 1. The number of nitrogens with zero attached hydrogens (tertiary/aromatic N) is 4. The Bertz CT molecular complexity index is 1430. The van der Waals surface area contributed by atoms with Crippen molar-refractivity contribution >= 4 is 22.7 Å². The standard InChI is InChI=1S/C22H17N5O4/c1-12-9-15(31-20-14(10-23)5-4-8-24-20)6-7-16(12)26-19(28)17-13(2)30-21-18(17)22(29)27(3)11-25-21/h4-9,11H,1-3H3,(H,26,28). The van der Waals surface area contributed by atoms with Crippen LogP contribution in [0, 0.1) is 25.2 Å². The highest BCUT2D eigenvalue weighted by atomic mass is 16.5. The van der Waals surface area contributed by atoms with Gasteiger partial charge in [0.1, 0.15) is 34.9 Å². The van der Waals surface area contributed by atoms with Crippen molar-refractivity contribution in [3.63, 3.8) is 0 Å². The lowest BCUT2D eigenvalue weighted by Gasteiger charge is -2.11. The van der Waals surface area contributed by atoms with Crippen LogP contribution >= 0.6 is 0 Å². The maximum atomic E-state index is 13.0. The molecule has 4 rings (SSSR count). The molecule has 9 heteroatoms. The van der Waals surface area contributed by atoms with Crippen LogP contribution in [-0.4, -0.2) is 20.4 Å². The van der Waals surface area contributed by atoms with Gasteiger partial charge in [0.2, 0.25) is 11.6 Å². The topological polar surface area (TPSA) is 123 Å². The SMILES string of the molecule is Cc1cc(Oc2ncccc2C#N)ccc1NC(=O)c1c(C)oc2ncn(C)c(=O)c12. The normalized spacial score (nSPS) is 10.6. The van der Waals surface area contributed by atoms with Crippen molar-refractivity contribution in [3.8, 4) is 17.7 Å². The van der Waals surface area contributed by atoms with Gasteiger partial charge in [0, 0.05) is 18.9 Å². The first-order chi connectivity index (χ1) is 14.9. The quantitative estimate of drug-likeness (QED) is 0.541. The van der Waals surface area contributed by atoms with Crippen LogP contribution in [-0.2, 0) is 7.05 Å². The molecular weight excluding hydrogens is 398 g/mol. The summed E-state index contributed by atoms with van der Waals surface area (Å²) in [6.45, 7) is 3.41. The van der Waals surface area contributed by atoms with E-state index in [1.165, 1.54) is 17.1 Å². The van der Waals surface area contributed by atoms with Crippen molar-refractivity contribution in [1.82, 2.24) is 14.5 Å². The number of aryl methyl sites for hydroxylation is 3. The number of nitrogens with one attached hydrogen (secondary N) is 1. The third kappa shape index (κ3) is 3.62. The average molecular weight is 415 g/mol. The van der Waals surface area contributed by atoms with E-state index < -0.39 is 5.91 Å². The summed E-state index contributed by atoms with van der Waals surface area (Å²) >= 11 is 0. The second-order valence-electron chi connectivity index (χ2n) is 6.87. The molecule has 0 bridgehead atoms. The number of aromatic nitrogens is 3. The number of hydrogen-bond donors (Lipinski definition) is 1. The van der Waals surface area contributed by atoms with Gasteiger partial charge in [-0.3, -0.25) is 9.59 Å². The van der Waals surface area contributed by atoms with Gasteiger partial charge >= 0.3 is 0 Å². The number of carbonyl (C=O) groups excluding carboxylic acids is 1. The largest absolute Gasteiger partial charge is 0.442 e. The zero-order valence-electron chi connectivity index (χ0n) is 17.0. The van der Waals surface area contributed by atoms with Gasteiger partial charge in [-0.15, -0.1) is 0 Å². The Kier molecular flexibility index (Phi) is 4.97. The molecule has 0 aliphatic rings. The number of fused-ring (bicyclic) bond motifs is 1. The molecule has 1 amide bonds. The minimum atomic E-state index is -0.477. The molecule has 0 spiro atoms. The summed E-state index contributed by atoms with van der Waals surface area (Å²) in [7, 11) is 1.56. The summed E-state index contributed by atoms with van der Waals surface area (Å²) in [5.74, 6) is 0.494. The summed E-state index contributed by atoms with van der Waals surface area (Å²) in [6, 6.07) is 10.3. The van der Waals surface area contributed by atoms with E-state index in [1.54, 1.807) is 51.2 Å². The van der Waals surface area contributed by atoms with E-state index in [1.807, 2.05) is 6.07 Å². The fourth-order valence-corrected chi connectivity index (χ4v) is 3.15. The molecule has 31 heavy (non-hydrogen) atoms. The number of anilines is 1. The predicted molar refractivity (Wildman–Crippen MR) is 112 cm³/mol. The molecule has 0 radical (unpaired) electrons. The van der Waals surface area contributed by atoms with E-state index in [-0.39, 0.29) is 28.1 Å². The highest BCUT2D eigenvalue weighted by Crippen LogP contribution is 2.28. The molecule has 1 N–H and O–H groups in total. The zero-order chi connectivity index (χ0) is 22.1. The zero-order valence-corrected chi connectivity index (χ0v) is 17.0. The van der Waals surface area contributed by atoms with Crippen molar-refractivity contribution in [2.24, 2.45) is 7.05 Å². The summed E-state index contributed by atoms with van der Waals surface area (Å²) in [5, 5.41) is 12.1. The van der Waals surface area contributed by atoms with Crippen LogP contribution in [0.15, 0.2) is 52.1 Å². The molecule has 0 unspecified atom stereocenters. The van der Waals surface area contributed by atoms with E-state index >= 15 is 0 Å². The van der Waals surface area contributed by atoms with Crippen LogP contribution < -0.4 is 15.6 Å². The summed E-state index contributed by atoms with van der Waals surface area (Å²) in [5.41, 5.74) is 1.47. The van der Waals surface area contributed by atoms with Gasteiger partial charge in [-0.1, -0.05) is 0 Å². The Morgan fingerprint density at radius 3 is 2.81 bits per heavy atom. The third-order valence-electron chi connectivity index (χ3n) is 4.73. The van der Waals surface area contributed by atoms with Crippen molar-refractivity contribution in [2.45, 2.75) is 13.8 Å². The van der Waals surface area contributed by atoms with Crippen molar-refractivity contribution in [2.75, 3.05) is 5.32 Å².